The molecule has 1 aliphatic heterocycles. The van der Waals surface area contributed by atoms with Gasteiger partial charge in [-0.05, 0) is 29.7 Å². The SMILES string of the molecule is Cn1nccc1S(=O)(=O)N1CCc2ccc(CC(=O)O)cc21. The maximum absolute atomic E-state index is 12.8. The first-order valence-electron chi connectivity index (χ1n) is 6.74. The topological polar surface area (TPSA) is 92.5 Å². The molecule has 8 heteroatoms. The number of hydrogen-bond acceptors (Lipinski definition) is 4. The van der Waals surface area contributed by atoms with Crippen LogP contribution in [0.5, 0.6) is 0 Å². The number of carbonyl (C=O) groups is 1. The van der Waals surface area contributed by atoms with Crippen molar-refractivity contribution in [1.82, 2.24) is 9.78 Å². The maximum atomic E-state index is 12.8. The third-order valence-electron chi connectivity index (χ3n) is 3.69. The van der Waals surface area contributed by atoms with E-state index >= 15 is 0 Å². The lowest BCUT2D eigenvalue weighted by Crippen LogP contribution is -2.30. The Labute approximate surface area is 127 Å². The summed E-state index contributed by atoms with van der Waals surface area (Å²) in [5, 5.41) is 12.9. The van der Waals surface area contributed by atoms with E-state index in [9.17, 15) is 13.2 Å². The highest BCUT2D eigenvalue weighted by Gasteiger charge is 2.32. The quantitative estimate of drug-likeness (QED) is 0.899. The normalized spacial score (nSPS) is 14.1. The van der Waals surface area contributed by atoms with Crippen molar-refractivity contribution in [2.24, 2.45) is 7.05 Å². The Morgan fingerprint density at radius 1 is 1.36 bits per heavy atom. The highest BCUT2D eigenvalue weighted by Crippen LogP contribution is 2.33. The van der Waals surface area contributed by atoms with Gasteiger partial charge < -0.3 is 5.11 Å². The van der Waals surface area contributed by atoms with Crippen LogP contribution in [0.15, 0.2) is 35.5 Å². The fraction of sp³-hybridized carbons (Fsp3) is 0.286. The second-order valence-corrected chi connectivity index (χ2v) is 6.96. The first-order chi connectivity index (χ1) is 10.4. The lowest BCUT2D eigenvalue weighted by Gasteiger charge is -2.19. The summed E-state index contributed by atoms with van der Waals surface area (Å²) in [6, 6.07) is 6.62. The number of rotatable bonds is 4. The highest BCUT2D eigenvalue weighted by atomic mass is 32.2. The number of nitrogens with zero attached hydrogens (tertiary/aromatic N) is 3. The standard InChI is InChI=1S/C14H15N3O4S/c1-16-13(4-6-15-16)22(20,21)17-7-5-11-3-2-10(8-12(11)17)9-14(18)19/h2-4,6,8H,5,7,9H2,1H3,(H,18,19). The molecule has 1 aromatic carbocycles. The van der Waals surface area contributed by atoms with Gasteiger partial charge in [0.2, 0.25) is 0 Å². The maximum Gasteiger partial charge on any atom is 0.307 e. The molecule has 1 aliphatic rings. The number of sulfonamides is 1. The molecule has 7 nitrogen and oxygen atoms in total. The number of hydrogen-bond donors (Lipinski definition) is 1. The number of carboxylic acid groups (broad SMARTS) is 1. The van der Waals surface area contributed by atoms with Gasteiger partial charge in [0.1, 0.15) is 0 Å². The van der Waals surface area contributed by atoms with Crippen LogP contribution in [0.3, 0.4) is 0 Å². The summed E-state index contributed by atoms with van der Waals surface area (Å²) < 4.78 is 28.2. The zero-order valence-corrected chi connectivity index (χ0v) is 12.7. The van der Waals surface area contributed by atoms with Crippen molar-refractivity contribution >= 4 is 21.7 Å². The molecule has 3 rings (SSSR count). The van der Waals surface area contributed by atoms with Gasteiger partial charge >= 0.3 is 5.97 Å². The summed E-state index contributed by atoms with van der Waals surface area (Å²) in [6.07, 6.45) is 1.91. The molecule has 1 aromatic heterocycles. The average molecular weight is 321 g/mol. The van der Waals surface area contributed by atoms with Crippen LogP contribution in [0.4, 0.5) is 5.69 Å². The predicted octanol–water partition coefficient (Wildman–Crippen LogP) is 0.799. The van der Waals surface area contributed by atoms with Crippen LogP contribution < -0.4 is 4.31 Å². The van der Waals surface area contributed by atoms with Gasteiger partial charge in [-0.3, -0.25) is 13.8 Å². The second kappa shape index (κ2) is 5.13. The molecule has 0 fully saturated rings. The van der Waals surface area contributed by atoms with Gasteiger partial charge in [-0.25, -0.2) is 0 Å². The van der Waals surface area contributed by atoms with Crippen molar-refractivity contribution < 1.29 is 18.3 Å². The largest absolute Gasteiger partial charge is 0.481 e. The molecule has 0 bridgehead atoms. The Morgan fingerprint density at radius 3 is 2.77 bits per heavy atom. The van der Waals surface area contributed by atoms with Crippen LogP contribution in [-0.2, 0) is 34.7 Å². The van der Waals surface area contributed by atoms with E-state index in [-0.39, 0.29) is 11.4 Å². The van der Waals surface area contributed by atoms with Crippen molar-refractivity contribution in [3.05, 3.63) is 41.6 Å². The van der Waals surface area contributed by atoms with E-state index in [1.165, 1.54) is 21.3 Å². The molecule has 0 unspecified atom stereocenters. The van der Waals surface area contributed by atoms with E-state index in [2.05, 4.69) is 5.10 Å². The smallest absolute Gasteiger partial charge is 0.307 e. The molecule has 0 spiro atoms. The molecule has 116 valence electrons. The Kier molecular flexibility index (Phi) is 3.40. The molecule has 0 saturated heterocycles. The van der Waals surface area contributed by atoms with Gasteiger partial charge in [-0.15, -0.1) is 0 Å². The Bertz CT molecular complexity index is 842. The predicted molar refractivity (Wildman–Crippen MR) is 79.2 cm³/mol. The summed E-state index contributed by atoms with van der Waals surface area (Å²) in [5.41, 5.74) is 2.04. The molecule has 1 N–H and O–H groups in total. The van der Waals surface area contributed by atoms with Gasteiger partial charge in [-0.2, -0.15) is 13.5 Å². The van der Waals surface area contributed by atoms with Crippen molar-refractivity contribution in [2.75, 3.05) is 10.8 Å². The fourth-order valence-electron chi connectivity index (χ4n) is 2.66. The van der Waals surface area contributed by atoms with Crippen molar-refractivity contribution in [3.63, 3.8) is 0 Å². The number of benzene rings is 1. The van der Waals surface area contributed by atoms with Crippen LogP contribution in [0.1, 0.15) is 11.1 Å². The van der Waals surface area contributed by atoms with Gasteiger partial charge in [-0.1, -0.05) is 12.1 Å². The molecule has 2 heterocycles. The van der Waals surface area contributed by atoms with E-state index < -0.39 is 16.0 Å². The van der Waals surface area contributed by atoms with E-state index in [1.807, 2.05) is 0 Å². The summed E-state index contributed by atoms with van der Waals surface area (Å²) >= 11 is 0. The third-order valence-corrected chi connectivity index (χ3v) is 5.58. The van der Waals surface area contributed by atoms with Crippen molar-refractivity contribution in [1.29, 1.82) is 0 Å². The molecule has 0 aliphatic carbocycles. The van der Waals surface area contributed by atoms with E-state index in [0.29, 0.717) is 24.2 Å². The number of anilines is 1. The van der Waals surface area contributed by atoms with Crippen LogP contribution in [0.25, 0.3) is 0 Å². The summed E-state index contributed by atoms with van der Waals surface area (Å²) in [4.78, 5) is 10.8. The van der Waals surface area contributed by atoms with Gasteiger partial charge in [0.25, 0.3) is 10.0 Å². The Balaban J connectivity index is 2.03. The fourth-order valence-corrected chi connectivity index (χ4v) is 4.26. The number of aliphatic carboxylic acids is 1. The molecule has 0 amide bonds. The lowest BCUT2D eigenvalue weighted by molar-refractivity contribution is -0.136. The van der Waals surface area contributed by atoms with Crippen LogP contribution in [-0.4, -0.2) is 35.8 Å². The lowest BCUT2D eigenvalue weighted by atomic mass is 10.1. The number of fused-ring (bicyclic) bond motifs is 1. The molecule has 0 atom stereocenters. The van der Waals surface area contributed by atoms with E-state index in [1.54, 1.807) is 25.2 Å². The number of aromatic nitrogens is 2. The van der Waals surface area contributed by atoms with E-state index in [0.717, 1.165) is 5.56 Å². The van der Waals surface area contributed by atoms with Gasteiger partial charge in [0.05, 0.1) is 18.3 Å². The minimum atomic E-state index is -3.70. The molecular formula is C14H15N3O4S. The molecule has 22 heavy (non-hydrogen) atoms. The third kappa shape index (κ3) is 2.35. The van der Waals surface area contributed by atoms with Crippen molar-refractivity contribution in [2.45, 2.75) is 17.9 Å². The van der Waals surface area contributed by atoms with Gasteiger partial charge in [0.15, 0.2) is 5.03 Å². The minimum absolute atomic E-state index is 0.115. The first-order valence-corrected chi connectivity index (χ1v) is 8.18. The second-order valence-electron chi connectivity index (χ2n) is 5.15. The minimum Gasteiger partial charge on any atom is -0.481 e. The number of carboxylic acids is 1. The number of aryl methyl sites for hydroxylation is 1. The monoisotopic (exact) mass is 321 g/mol. The molecular weight excluding hydrogens is 306 g/mol. The molecule has 0 saturated carbocycles. The molecule has 0 radical (unpaired) electrons. The molecule has 2 aromatic rings. The summed E-state index contributed by atoms with van der Waals surface area (Å²) in [6.45, 7) is 0.347. The van der Waals surface area contributed by atoms with Crippen LogP contribution >= 0.6 is 0 Å². The Morgan fingerprint density at radius 2 is 2.14 bits per heavy atom. The van der Waals surface area contributed by atoms with Gasteiger partial charge in [0, 0.05) is 13.6 Å². The summed E-state index contributed by atoms with van der Waals surface area (Å²) in [7, 11) is -2.12. The highest BCUT2D eigenvalue weighted by molar-refractivity contribution is 7.92. The Hall–Kier alpha value is -2.35. The summed E-state index contributed by atoms with van der Waals surface area (Å²) in [5.74, 6) is -0.945. The first kappa shape index (κ1) is 14.6. The van der Waals surface area contributed by atoms with E-state index in [4.69, 9.17) is 5.11 Å². The van der Waals surface area contributed by atoms with Crippen molar-refractivity contribution in [3.8, 4) is 0 Å². The van der Waals surface area contributed by atoms with Crippen LogP contribution in [0.2, 0.25) is 0 Å². The zero-order valence-electron chi connectivity index (χ0n) is 11.9. The zero-order chi connectivity index (χ0) is 15.9. The average Bonchev–Trinajstić information content (AvgIpc) is 3.04. The van der Waals surface area contributed by atoms with Crippen LogP contribution in [0, 0.1) is 0 Å².